The van der Waals surface area contributed by atoms with E-state index in [1.807, 2.05) is 0 Å². The average molecular weight is 265 g/mol. The zero-order valence-corrected chi connectivity index (χ0v) is 11.9. The minimum Gasteiger partial charge on any atom is -0.356 e. The molecule has 2 aromatic rings. The number of hydrogen-bond acceptors (Lipinski definition) is 3. The van der Waals surface area contributed by atoms with Crippen molar-refractivity contribution in [1.29, 1.82) is 5.26 Å². The van der Waals surface area contributed by atoms with Crippen LogP contribution < -0.4 is 4.90 Å². The summed E-state index contributed by atoms with van der Waals surface area (Å²) in [7, 11) is 0. The van der Waals surface area contributed by atoms with E-state index in [0.29, 0.717) is 6.42 Å². The van der Waals surface area contributed by atoms with Crippen molar-refractivity contribution in [1.82, 2.24) is 4.98 Å². The molecule has 3 nitrogen and oxygen atoms in total. The van der Waals surface area contributed by atoms with Crippen molar-refractivity contribution in [3.63, 3.8) is 0 Å². The maximum Gasteiger partial charge on any atom is 0.133 e. The van der Waals surface area contributed by atoms with E-state index in [1.165, 1.54) is 18.4 Å². The third-order valence-electron chi connectivity index (χ3n) is 4.02. The molecule has 2 heterocycles. The van der Waals surface area contributed by atoms with Gasteiger partial charge in [0, 0.05) is 24.0 Å². The standard InChI is InChI=1S/C17H19N3/c1-2-13-5-6-16-15(11-13)12-14(7-8-18)17(19-16)20-9-3-4-10-20/h5-6,11-12H,2-4,7,9-10H2,1H3. The Balaban J connectivity index is 2.12. The molecule has 102 valence electrons. The van der Waals surface area contributed by atoms with Gasteiger partial charge in [-0.3, -0.25) is 0 Å². The van der Waals surface area contributed by atoms with Crippen LogP contribution in [-0.2, 0) is 12.8 Å². The predicted molar refractivity (Wildman–Crippen MR) is 81.9 cm³/mol. The molecule has 3 heteroatoms. The maximum atomic E-state index is 9.06. The fraction of sp³-hybridized carbons (Fsp3) is 0.412. The van der Waals surface area contributed by atoms with E-state index in [4.69, 9.17) is 10.2 Å². The van der Waals surface area contributed by atoms with Gasteiger partial charge in [-0.1, -0.05) is 13.0 Å². The largest absolute Gasteiger partial charge is 0.356 e. The maximum absolute atomic E-state index is 9.06. The van der Waals surface area contributed by atoms with Gasteiger partial charge in [-0.15, -0.1) is 0 Å². The molecule has 3 rings (SSSR count). The lowest BCUT2D eigenvalue weighted by atomic mass is 10.1. The van der Waals surface area contributed by atoms with Crippen LogP contribution in [0.2, 0.25) is 0 Å². The van der Waals surface area contributed by atoms with Crippen LogP contribution in [0.4, 0.5) is 5.82 Å². The van der Waals surface area contributed by atoms with Crippen LogP contribution in [0, 0.1) is 11.3 Å². The first-order chi connectivity index (χ1) is 9.81. The second-order valence-corrected chi connectivity index (χ2v) is 5.38. The quantitative estimate of drug-likeness (QED) is 0.853. The van der Waals surface area contributed by atoms with Gasteiger partial charge in [0.15, 0.2) is 0 Å². The van der Waals surface area contributed by atoms with Crippen molar-refractivity contribution in [2.24, 2.45) is 0 Å². The summed E-state index contributed by atoms with van der Waals surface area (Å²) in [4.78, 5) is 7.15. The molecular weight excluding hydrogens is 246 g/mol. The number of aryl methyl sites for hydroxylation is 1. The van der Waals surface area contributed by atoms with E-state index in [-0.39, 0.29) is 0 Å². The van der Waals surface area contributed by atoms with E-state index in [0.717, 1.165) is 41.8 Å². The van der Waals surface area contributed by atoms with Gasteiger partial charge < -0.3 is 4.90 Å². The summed E-state index contributed by atoms with van der Waals surface area (Å²) in [5.74, 6) is 1.01. The molecule has 0 radical (unpaired) electrons. The SMILES string of the molecule is CCc1ccc2nc(N3CCCC3)c(CC#N)cc2c1. The Bertz CT molecular complexity index is 664. The van der Waals surface area contributed by atoms with E-state index < -0.39 is 0 Å². The number of fused-ring (bicyclic) bond motifs is 1. The number of nitriles is 1. The Morgan fingerprint density at radius 2 is 2.05 bits per heavy atom. The molecule has 20 heavy (non-hydrogen) atoms. The van der Waals surface area contributed by atoms with Crippen LogP contribution in [0.25, 0.3) is 10.9 Å². The number of hydrogen-bond donors (Lipinski definition) is 0. The number of aromatic nitrogens is 1. The topological polar surface area (TPSA) is 39.9 Å². The van der Waals surface area contributed by atoms with E-state index >= 15 is 0 Å². The minimum atomic E-state index is 0.436. The second kappa shape index (κ2) is 5.50. The summed E-state index contributed by atoms with van der Waals surface area (Å²) in [6.45, 7) is 4.28. The first-order valence-corrected chi connectivity index (χ1v) is 7.36. The van der Waals surface area contributed by atoms with Crippen LogP contribution in [-0.4, -0.2) is 18.1 Å². The fourth-order valence-corrected chi connectivity index (χ4v) is 2.90. The molecule has 0 aliphatic carbocycles. The Morgan fingerprint density at radius 3 is 2.75 bits per heavy atom. The van der Waals surface area contributed by atoms with Crippen molar-refractivity contribution in [2.45, 2.75) is 32.6 Å². The van der Waals surface area contributed by atoms with Crippen LogP contribution in [0.5, 0.6) is 0 Å². The highest BCUT2D eigenvalue weighted by atomic mass is 15.2. The first-order valence-electron chi connectivity index (χ1n) is 7.36. The summed E-state index contributed by atoms with van der Waals surface area (Å²) in [5, 5.41) is 10.2. The Kier molecular flexibility index (Phi) is 3.56. The van der Waals surface area contributed by atoms with Crippen LogP contribution in [0.1, 0.15) is 30.9 Å². The molecule has 0 bridgehead atoms. The van der Waals surface area contributed by atoms with Gasteiger partial charge in [-0.05, 0) is 43.0 Å². The van der Waals surface area contributed by atoms with Gasteiger partial charge in [0.2, 0.25) is 0 Å². The minimum absolute atomic E-state index is 0.436. The third-order valence-corrected chi connectivity index (χ3v) is 4.02. The van der Waals surface area contributed by atoms with Crippen LogP contribution in [0.15, 0.2) is 24.3 Å². The zero-order valence-electron chi connectivity index (χ0n) is 11.9. The molecule has 1 aliphatic rings. The molecule has 0 N–H and O–H groups in total. The average Bonchev–Trinajstić information content (AvgIpc) is 3.00. The zero-order chi connectivity index (χ0) is 13.9. The Labute approximate surface area is 119 Å². The Hall–Kier alpha value is -2.08. The normalized spacial score (nSPS) is 14.7. The van der Waals surface area contributed by atoms with Crippen LogP contribution >= 0.6 is 0 Å². The highest BCUT2D eigenvalue weighted by Crippen LogP contribution is 2.27. The second-order valence-electron chi connectivity index (χ2n) is 5.38. The summed E-state index contributed by atoms with van der Waals surface area (Å²) >= 11 is 0. The molecule has 1 aromatic heterocycles. The molecular formula is C17H19N3. The van der Waals surface area contributed by atoms with Crippen molar-refractivity contribution in [2.75, 3.05) is 18.0 Å². The number of benzene rings is 1. The summed E-state index contributed by atoms with van der Waals surface area (Å²) in [6.07, 6.45) is 3.91. The number of rotatable bonds is 3. The fourth-order valence-electron chi connectivity index (χ4n) is 2.90. The first kappa shape index (κ1) is 12.9. The lowest BCUT2D eigenvalue weighted by Crippen LogP contribution is -2.20. The van der Waals surface area contributed by atoms with Gasteiger partial charge >= 0.3 is 0 Å². The summed E-state index contributed by atoms with van der Waals surface area (Å²) in [6, 6.07) is 10.9. The predicted octanol–water partition coefficient (Wildman–Crippen LogP) is 3.46. The lowest BCUT2D eigenvalue weighted by molar-refractivity contribution is 0.929. The number of anilines is 1. The van der Waals surface area contributed by atoms with Gasteiger partial charge in [0.25, 0.3) is 0 Å². The van der Waals surface area contributed by atoms with Crippen molar-refractivity contribution >= 4 is 16.7 Å². The van der Waals surface area contributed by atoms with Crippen molar-refractivity contribution in [3.8, 4) is 6.07 Å². The Morgan fingerprint density at radius 1 is 1.25 bits per heavy atom. The molecule has 1 aromatic carbocycles. The van der Waals surface area contributed by atoms with Crippen molar-refractivity contribution < 1.29 is 0 Å². The van der Waals surface area contributed by atoms with E-state index in [1.54, 1.807) is 0 Å². The molecule has 0 atom stereocenters. The third kappa shape index (κ3) is 2.34. The lowest BCUT2D eigenvalue weighted by Gasteiger charge is -2.20. The van der Waals surface area contributed by atoms with Gasteiger partial charge in [-0.25, -0.2) is 4.98 Å². The van der Waals surface area contributed by atoms with Gasteiger partial charge in [0.1, 0.15) is 5.82 Å². The molecule has 0 amide bonds. The molecule has 1 fully saturated rings. The van der Waals surface area contributed by atoms with Gasteiger partial charge in [-0.2, -0.15) is 5.26 Å². The molecule has 0 saturated carbocycles. The molecule has 1 saturated heterocycles. The van der Waals surface area contributed by atoms with Crippen LogP contribution in [0.3, 0.4) is 0 Å². The highest BCUT2D eigenvalue weighted by molar-refractivity contribution is 5.82. The number of pyridine rings is 1. The summed E-state index contributed by atoms with van der Waals surface area (Å²) in [5.41, 5.74) is 3.41. The summed E-state index contributed by atoms with van der Waals surface area (Å²) < 4.78 is 0. The monoisotopic (exact) mass is 265 g/mol. The van der Waals surface area contributed by atoms with Crippen molar-refractivity contribution in [3.05, 3.63) is 35.4 Å². The molecule has 0 unspecified atom stereocenters. The highest BCUT2D eigenvalue weighted by Gasteiger charge is 2.18. The molecule has 1 aliphatic heterocycles. The van der Waals surface area contributed by atoms with E-state index in [9.17, 15) is 0 Å². The van der Waals surface area contributed by atoms with E-state index in [2.05, 4.69) is 42.2 Å². The smallest absolute Gasteiger partial charge is 0.133 e. The van der Waals surface area contributed by atoms with Gasteiger partial charge in [0.05, 0.1) is 18.0 Å². The number of nitrogens with zero attached hydrogens (tertiary/aromatic N) is 3. The molecule has 0 spiro atoms.